The Balaban J connectivity index is 1.71. The number of benzene rings is 3. The highest BCUT2D eigenvalue weighted by atomic mass is 16.5. The molecule has 3 aromatic rings. The van der Waals surface area contributed by atoms with Crippen LogP contribution in [0.5, 0.6) is 11.5 Å². The predicted molar refractivity (Wildman–Crippen MR) is 124 cm³/mol. The summed E-state index contributed by atoms with van der Waals surface area (Å²) in [6, 6.07) is 22.0. The zero-order chi connectivity index (χ0) is 22.5. The monoisotopic (exact) mass is 428 g/mol. The SMILES string of the molecule is COc1ccc(C=C(NC(=O)c2ccccc2)C(=O)N2CCc3ccccc32)cc1OC. The Morgan fingerprint density at radius 2 is 1.62 bits per heavy atom. The molecule has 4 rings (SSSR count). The van der Waals surface area contributed by atoms with Crippen LogP contribution in [0.25, 0.3) is 6.08 Å². The van der Waals surface area contributed by atoms with Crippen LogP contribution in [0, 0.1) is 0 Å². The van der Waals surface area contributed by atoms with Gasteiger partial charge in [0.15, 0.2) is 11.5 Å². The second-order valence-electron chi connectivity index (χ2n) is 7.33. The second kappa shape index (κ2) is 9.39. The maximum absolute atomic E-state index is 13.5. The normalized spacial score (nSPS) is 12.8. The van der Waals surface area contributed by atoms with E-state index in [-0.39, 0.29) is 17.5 Å². The van der Waals surface area contributed by atoms with E-state index in [2.05, 4.69) is 5.32 Å². The van der Waals surface area contributed by atoms with E-state index < -0.39 is 0 Å². The van der Waals surface area contributed by atoms with Crippen LogP contribution in [0.15, 0.2) is 78.5 Å². The molecule has 0 radical (unpaired) electrons. The Bertz CT molecular complexity index is 1170. The van der Waals surface area contributed by atoms with Gasteiger partial charge in [-0.1, -0.05) is 42.5 Å². The highest BCUT2D eigenvalue weighted by molar-refractivity contribution is 6.12. The number of amides is 2. The lowest BCUT2D eigenvalue weighted by molar-refractivity contribution is -0.115. The fourth-order valence-electron chi connectivity index (χ4n) is 3.74. The maximum Gasteiger partial charge on any atom is 0.274 e. The summed E-state index contributed by atoms with van der Waals surface area (Å²) in [5.74, 6) is 0.500. The topological polar surface area (TPSA) is 67.9 Å². The van der Waals surface area contributed by atoms with E-state index in [1.165, 1.54) is 0 Å². The van der Waals surface area contributed by atoms with Crippen LogP contribution in [0.4, 0.5) is 5.69 Å². The fourth-order valence-corrected chi connectivity index (χ4v) is 3.74. The summed E-state index contributed by atoms with van der Waals surface area (Å²) in [6.07, 6.45) is 2.43. The van der Waals surface area contributed by atoms with Crippen LogP contribution in [0.2, 0.25) is 0 Å². The van der Waals surface area contributed by atoms with Gasteiger partial charge in [0.2, 0.25) is 0 Å². The number of rotatable bonds is 6. The third-order valence-electron chi connectivity index (χ3n) is 5.37. The summed E-state index contributed by atoms with van der Waals surface area (Å²) in [6.45, 7) is 0.558. The summed E-state index contributed by atoms with van der Waals surface area (Å²) in [5, 5.41) is 2.81. The zero-order valence-electron chi connectivity index (χ0n) is 18.0. The third kappa shape index (κ3) is 4.34. The van der Waals surface area contributed by atoms with E-state index in [1.54, 1.807) is 67.7 Å². The van der Waals surface area contributed by atoms with Gasteiger partial charge in [-0.15, -0.1) is 0 Å². The zero-order valence-corrected chi connectivity index (χ0v) is 18.0. The number of methoxy groups -OCH3 is 2. The van der Waals surface area contributed by atoms with Gasteiger partial charge in [0.05, 0.1) is 14.2 Å². The van der Waals surface area contributed by atoms with Gasteiger partial charge in [-0.3, -0.25) is 9.59 Å². The molecule has 6 nitrogen and oxygen atoms in total. The van der Waals surface area contributed by atoms with Crippen LogP contribution < -0.4 is 19.7 Å². The smallest absolute Gasteiger partial charge is 0.274 e. The van der Waals surface area contributed by atoms with Crippen LogP contribution in [0.3, 0.4) is 0 Å². The molecular weight excluding hydrogens is 404 g/mol. The molecule has 1 aliphatic rings. The third-order valence-corrected chi connectivity index (χ3v) is 5.37. The Morgan fingerprint density at radius 1 is 0.906 bits per heavy atom. The van der Waals surface area contributed by atoms with E-state index in [1.807, 2.05) is 30.3 Å². The number of carbonyl (C=O) groups excluding carboxylic acids is 2. The molecule has 0 saturated carbocycles. The molecule has 162 valence electrons. The standard InChI is InChI=1S/C26H24N2O4/c1-31-23-13-12-18(17-24(23)32-2)16-21(27-25(29)20-9-4-3-5-10-20)26(30)28-15-14-19-8-6-7-11-22(19)28/h3-13,16-17H,14-15H2,1-2H3,(H,27,29). The van der Waals surface area contributed by atoms with Crippen molar-refractivity contribution in [2.24, 2.45) is 0 Å². The molecule has 32 heavy (non-hydrogen) atoms. The lowest BCUT2D eigenvalue weighted by Crippen LogP contribution is -2.37. The Morgan fingerprint density at radius 3 is 2.38 bits per heavy atom. The Kier molecular flexibility index (Phi) is 6.22. The van der Waals surface area contributed by atoms with Crippen LogP contribution in [-0.4, -0.2) is 32.6 Å². The number of ether oxygens (including phenoxy) is 2. The molecule has 0 fully saturated rings. The summed E-state index contributed by atoms with van der Waals surface area (Å²) < 4.78 is 10.7. The highest BCUT2D eigenvalue weighted by Gasteiger charge is 2.27. The molecular formula is C26H24N2O4. The molecule has 2 amide bonds. The Hall–Kier alpha value is -4.06. The van der Waals surface area contributed by atoms with Crippen LogP contribution >= 0.6 is 0 Å². The molecule has 1 aliphatic heterocycles. The quantitative estimate of drug-likeness (QED) is 0.601. The molecule has 6 heteroatoms. The van der Waals surface area contributed by atoms with Crippen molar-refractivity contribution in [3.63, 3.8) is 0 Å². The van der Waals surface area contributed by atoms with Crippen molar-refractivity contribution in [3.8, 4) is 11.5 Å². The number of para-hydroxylation sites is 1. The average Bonchev–Trinajstić information content (AvgIpc) is 3.27. The molecule has 0 aromatic heterocycles. The summed E-state index contributed by atoms with van der Waals surface area (Å²) in [7, 11) is 3.11. The number of nitrogens with zero attached hydrogens (tertiary/aromatic N) is 1. The van der Waals surface area contributed by atoms with Crippen molar-refractivity contribution in [1.29, 1.82) is 0 Å². The number of hydrogen-bond donors (Lipinski definition) is 1. The average molecular weight is 428 g/mol. The first-order valence-corrected chi connectivity index (χ1v) is 10.3. The first-order valence-electron chi connectivity index (χ1n) is 10.3. The number of anilines is 1. The van der Waals surface area contributed by atoms with Gasteiger partial charge < -0.3 is 19.7 Å². The first-order chi connectivity index (χ1) is 15.6. The summed E-state index contributed by atoms with van der Waals surface area (Å²) in [4.78, 5) is 28.1. The van der Waals surface area contributed by atoms with E-state index in [0.717, 1.165) is 17.7 Å². The molecule has 0 spiro atoms. The summed E-state index contributed by atoms with van der Waals surface area (Å²) in [5.41, 5.74) is 3.33. The second-order valence-corrected chi connectivity index (χ2v) is 7.33. The van der Waals surface area contributed by atoms with E-state index in [9.17, 15) is 9.59 Å². The molecule has 0 aliphatic carbocycles. The van der Waals surface area contributed by atoms with Gasteiger partial charge >= 0.3 is 0 Å². The van der Waals surface area contributed by atoms with Crippen molar-refractivity contribution >= 4 is 23.6 Å². The molecule has 3 aromatic carbocycles. The van der Waals surface area contributed by atoms with Crippen molar-refractivity contribution in [1.82, 2.24) is 5.32 Å². The van der Waals surface area contributed by atoms with Crippen molar-refractivity contribution in [2.45, 2.75) is 6.42 Å². The molecule has 0 bridgehead atoms. The number of fused-ring (bicyclic) bond motifs is 1. The lowest BCUT2D eigenvalue weighted by atomic mass is 10.1. The summed E-state index contributed by atoms with van der Waals surface area (Å²) >= 11 is 0. The molecule has 0 unspecified atom stereocenters. The number of carbonyl (C=O) groups is 2. The minimum atomic E-state index is -0.349. The first kappa shape index (κ1) is 21.2. The Labute approximate surface area is 187 Å². The van der Waals surface area contributed by atoms with Gasteiger partial charge in [-0.2, -0.15) is 0 Å². The molecule has 1 heterocycles. The van der Waals surface area contributed by atoms with E-state index in [4.69, 9.17) is 9.47 Å². The minimum Gasteiger partial charge on any atom is -0.493 e. The predicted octanol–water partition coefficient (Wildman–Crippen LogP) is 4.06. The van der Waals surface area contributed by atoms with E-state index in [0.29, 0.717) is 29.2 Å². The lowest BCUT2D eigenvalue weighted by Gasteiger charge is -2.20. The van der Waals surface area contributed by atoms with Crippen molar-refractivity contribution in [3.05, 3.63) is 95.2 Å². The molecule has 0 atom stereocenters. The highest BCUT2D eigenvalue weighted by Crippen LogP contribution is 2.30. The largest absolute Gasteiger partial charge is 0.493 e. The van der Waals surface area contributed by atoms with Gasteiger partial charge in [0.1, 0.15) is 5.70 Å². The van der Waals surface area contributed by atoms with Crippen molar-refractivity contribution < 1.29 is 19.1 Å². The van der Waals surface area contributed by atoms with Gasteiger partial charge in [0, 0.05) is 17.8 Å². The van der Waals surface area contributed by atoms with E-state index >= 15 is 0 Å². The molecule has 0 saturated heterocycles. The minimum absolute atomic E-state index is 0.183. The maximum atomic E-state index is 13.5. The van der Waals surface area contributed by atoms with Crippen LogP contribution in [-0.2, 0) is 11.2 Å². The van der Waals surface area contributed by atoms with Gasteiger partial charge in [0.25, 0.3) is 11.8 Å². The van der Waals surface area contributed by atoms with Crippen molar-refractivity contribution in [2.75, 3.05) is 25.7 Å². The van der Waals surface area contributed by atoms with Gasteiger partial charge in [-0.25, -0.2) is 0 Å². The molecule has 1 N–H and O–H groups in total. The van der Waals surface area contributed by atoms with Crippen LogP contribution in [0.1, 0.15) is 21.5 Å². The number of nitrogens with one attached hydrogen (secondary N) is 1. The number of hydrogen-bond acceptors (Lipinski definition) is 4. The fraction of sp³-hybridized carbons (Fsp3) is 0.154. The van der Waals surface area contributed by atoms with Gasteiger partial charge in [-0.05, 0) is 54.0 Å².